The van der Waals surface area contributed by atoms with Gasteiger partial charge >= 0.3 is 11.9 Å². The van der Waals surface area contributed by atoms with Crippen molar-refractivity contribution in [3.05, 3.63) is 0 Å². The number of ether oxygens (including phenoxy) is 10. The molecule has 4 saturated heterocycles. The van der Waals surface area contributed by atoms with E-state index in [0.29, 0.717) is 13.2 Å². The van der Waals surface area contributed by atoms with E-state index in [1.807, 2.05) is 41.5 Å². The van der Waals surface area contributed by atoms with Gasteiger partial charge in [-0.15, -0.1) is 0 Å². The van der Waals surface area contributed by atoms with Gasteiger partial charge in [0, 0.05) is 26.3 Å². The highest BCUT2D eigenvalue weighted by molar-refractivity contribution is 5.70. The lowest BCUT2D eigenvalue weighted by Gasteiger charge is -2.30. The molecular formula is C40H72N2O12. The van der Waals surface area contributed by atoms with Crippen LogP contribution in [0.5, 0.6) is 0 Å². The average Bonchev–Trinajstić information content (AvgIpc) is 3.80. The molecule has 10 atom stereocenters. The zero-order chi connectivity index (χ0) is 39.1. The summed E-state index contributed by atoms with van der Waals surface area (Å²) in [6, 6.07) is -0.512. The topological polar surface area (TPSA) is 150 Å². The van der Waals surface area contributed by atoms with Gasteiger partial charge in [-0.3, -0.25) is 9.59 Å². The standard InChI is InChI=1S/C40H72N2O12/c1-9-47-29(43)25-27(31-33(45-7)35-37(49-31)53-39(3,4)51-35)41-23-21-19-17-15-13-11-12-14-16-18-20-22-24-42-28(26-30(44)48-10-2)32-34(46-8)36-38(50-32)54-40(5,6)52-36/h27-28,31-38,41-42H,9-26H2,1-8H3/t27?,28?,31-,32+,33+,34-,35-,36+,37-,38+. The lowest BCUT2D eigenvalue weighted by molar-refractivity contribution is -0.220. The Labute approximate surface area is 324 Å². The molecule has 314 valence electrons. The number of carbonyl (C=O) groups excluding carboxylic acids is 2. The predicted molar refractivity (Wildman–Crippen MR) is 200 cm³/mol. The molecule has 4 aliphatic heterocycles. The number of rotatable bonds is 27. The van der Waals surface area contributed by atoms with E-state index in [1.54, 1.807) is 14.2 Å². The molecule has 4 rings (SSSR count). The molecule has 4 heterocycles. The third kappa shape index (κ3) is 13.6. The lowest BCUT2D eigenvalue weighted by Crippen LogP contribution is -2.49. The first-order valence-electron chi connectivity index (χ1n) is 20.8. The van der Waals surface area contributed by atoms with Crippen LogP contribution in [0, 0.1) is 0 Å². The Hall–Kier alpha value is -1.46. The number of methoxy groups -OCH3 is 2. The van der Waals surface area contributed by atoms with E-state index in [0.717, 1.165) is 38.8 Å². The van der Waals surface area contributed by atoms with Crippen LogP contribution < -0.4 is 10.6 Å². The molecule has 14 nitrogen and oxygen atoms in total. The van der Waals surface area contributed by atoms with E-state index in [9.17, 15) is 9.59 Å². The van der Waals surface area contributed by atoms with Crippen LogP contribution in [-0.4, -0.2) is 125 Å². The van der Waals surface area contributed by atoms with Crippen LogP contribution in [0.15, 0.2) is 0 Å². The van der Waals surface area contributed by atoms with Gasteiger partial charge in [0.05, 0.1) is 26.1 Å². The van der Waals surface area contributed by atoms with Crippen molar-refractivity contribution < 1.29 is 57.0 Å². The number of fused-ring (bicyclic) bond motifs is 2. The molecule has 0 spiro atoms. The molecule has 0 aromatic rings. The highest BCUT2D eigenvalue weighted by atomic mass is 16.9. The highest BCUT2D eigenvalue weighted by Gasteiger charge is 2.58. The van der Waals surface area contributed by atoms with E-state index < -0.39 is 24.2 Å². The molecule has 4 aliphatic rings. The van der Waals surface area contributed by atoms with Crippen molar-refractivity contribution in [2.24, 2.45) is 0 Å². The van der Waals surface area contributed by atoms with Gasteiger partial charge in [0.1, 0.15) is 36.6 Å². The quantitative estimate of drug-likeness (QED) is 0.0824. The molecular weight excluding hydrogens is 700 g/mol. The van der Waals surface area contributed by atoms with Gasteiger partial charge in [-0.1, -0.05) is 64.2 Å². The lowest BCUT2D eigenvalue weighted by atomic mass is 10.00. The largest absolute Gasteiger partial charge is 0.466 e. The fourth-order valence-corrected chi connectivity index (χ4v) is 8.19. The first kappa shape index (κ1) is 45.2. The summed E-state index contributed by atoms with van der Waals surface area (Å²) in [5.74, 6) is -1.97. The average molecular weight is 773 g/mol. The molecule has 0 radical (unpaired) electrons. The number of hydrogen-bond donors (Lipinski definition) is 2. The van der Waals surface area contributed by atoms with Crippen LogP contribution in [0.4, 0.5) is 0 Å². The van der Waals surface area contributed by atoms with Gasteiger partial charge in [-0.2, -0.15) is 0 Å². The Morgan fingerprint density at radius 1 is 0.556 bits per heavy atom. The zero-order valence-electron chi connectivity index (χ0n) is 34.4. The maximum atomic E-state index is 12.4. The van der Waals surface area contributed by atoms with Crippen LogP contribution in [0.2, 0.25) is 0 Å². The minimum atomic E-state index is -0.730. The molecule has 14 heteroatoms. The summed E-state index contributed by atoms with van der Waals surface area (Å²) >= 11 is 0. The molecule has 2 unspecified atom stereocenters. The summed E-state index contributed by atoms with van der Waals surface area (Å²) in [6.07, 6.45) is 11.5. The van der Waals surface area contributed by atoms with Crippen molar-refractivity contribution in [3.63, 3.8) is 0 Å². The molecule has 0 bridgehead atoms. The normalized spacial score (nSPS) is 30.6. The maximum absolute atomic E-state index is 12.4. The van der Waals surface area contributed by atoms with Gasteiger partial charge in [0.15, 0.2) is 24.2 Å². The highest BCUT2D eigenvalue weighted by Crippen LogP contribution is 2.41. The molecule has 0 amide bonds. The summed E-state index contributed by atoms with van der Waals surface area (Å²) in [5, 5.41) is 7.11. The number of esters is 2. The van der Waals surface area contributed by atoms with Crippen molar-refractivity contribution in [3.8, 4) is 0 Å². The van der Waals surface area contributed by atoms with Crippen LogP contribution in [0.25, 0.3) is 0 Å². The summed E-state index contributed by atoms with van der Waals surface area (Å²) < 4.78 is 58.5. The second kappa shape index (κ2) is 22.5. The van der Waals surface area contributed by atoms with Crippen LogP contribution in [0.3, 0.4) is 0 Å². The van der Waals surface area contributed by atoms with Crippen molar-refractivity contribution in [2.45, 2.75) is 204 Å². The summed E-state index contributed by atoms with van der Waals surface area (Å²) in [7, 11) is 3.29. The van der Waals surface area contributed by atoms with Crippen molar-refractivity contribution in [1.29, 1.82) is 0 Å². The smallest absolute Gasteiger partial charge is 0.307 e. The molecule has 2 N–H and O–H groups in total. The zero-order valence-corrected chi connectivity index (χ0v) is 34.4. The Balaban J connectivity index is 1.02. The van der Waals surface area contributed by atoms with E-state index in [-0.39, 0.29) is 73.5 Å². The first-order valence-corrected chi connectivity index (χ1v) is 20.8. The molecule has 0 aliphatic carbocycles. The van der Waals surface area contributed by atoms with Crippen LogP contribution in [-0.2, 0) is 57.0 Å². The van der Waals surface area contributed by atoms with Gasteiger partial charge < -0.3 is 58.0 Å². The summed E-state index contributed by atoms with van der Waals surface area (Å²) in [6.45, 7) is 13.3. The van der Waals surface area contributed by atoms with Crippen LogP contribution in [0.1, 0.15) is 131 Å². The molecule has 0 saturated carbocycles. The van der Waals surface area contributed by atoms with Gasteiger partial charge in [-0.25, -0.2) is 0 Å². The number of hydrogen-bond acceptors (Lipinski definition) is 14. The van der Waals surface area contributed by atoms with Gasteiger partial charge in [0.25, 0.3) is 0 Å². The minimum absolute atomic E-state index is 0.201. The van der Waals surface area contributed by atoms with E-state index in [4.69, 9.17) is 47.4 Å². The molecule has 54 heavy (non-hydrogen) atoms. The van der Waals surface area contributed by atoms with E-state index in [1.165, 1.54) is 51.4 Å². The molecule has 0 aromatic heterocycles. The number of carbonyl (C=O) groups is 2. The fourth-order valence-electron chi connectivity index (χ4n) is 8.19. The Kier molecular flexibility index (Phi) is 18.8. The Morgan fingerprint density at radius 3 is 1.20 bits per heavy atom. The fraction of sp³-hybridized carbons (Fsp3) is 0.950. The predicted octanol–water partition coefficient (Wildman–Crippen LogP) is 5.27. The van der Waals surface area contributed by atoms with Gasteiger partial charge in [-0.05, 0) is 67.5 Å². The molecule has 0 aromatic carbocycles. The van der Waals surface area contributed by atoms with Crippen LogP contribution >= 0.6 is 0 Å². The van der Waals surface area contributed by atoms with E-state index >= 15 is 0 Å². The Bertz CT molecular complexity index is 1030. The third-order valence-corrected chi connectivity index (χ3v) is 10.7. The summed E-state index contributed by atoms with van der Waals surface area (Å²) in [4.78, 5) is 24.9. The summed E-state index contributed by atoms with van der Waals surface area (Å²) in [5.41, 5.74) is 0. The van der Waals surface area contributed by atoms with Crippen molar-refractivity contribution >= 4 is 11.9 Å². The number of nitrogens with one attached hydrogen (secondary N) is 2. The van der Waals surface area contributed by atoms with E-state index in [2.05, 4.69) is 10.6 Å². The van der Waals surface area contributed by atoms with Crippen molar-refractivity contribution in [1.82, 2.24) is 10.6 Å². The second-order valence-corrected chi connectivity index (χ2v) is 15.9. The SMILES string of the molecule is CCOC(=O)CC(NCCCCCCCCCCCCCCNC(CC(=O)OCC)[C@@H]1O[C@H]2OC(C)(C)O[C@H]2[C@@H]1OC)[C@H]1O[C@@H]2OC(C)(C)O[C@@H]2[C@H]1OC. The monoisotopic (exact) mass is 773 g/mol. The molecule has 4 fully saturated rings. The first-order chi connectivity index (χ1) is 25.9. The van der Waals surface area contributed by atoms with Crippen molar-refractivity contribution in [2.75, 3.05) is 40.5 Å². The Morgan fingerprint density at radius 2 is 0.889 bits per heavy atom. The van der Waals surface area contributed by atoms with Gasteiger partial charge in [0.2, 0.25) is 0 Å². The minimum Gasteiger partial charge on any atom is -0.466 e. The number of unbranched alkanes of at least 4 members (excludes halogenated alkanes) is 11. The second-order valence-electron chi connectivity index (χ2n) is 15.9. The maximum Gasteiger partial charge on any atom is 0.307 e. The third-order valence-electron chi connectivity index (χ3n) is 10.7.